The second kappa shape index (κ2) is 7.90. The number of carbonyl (C=O) groups is 1. The molecule has 1 amide bonds. The average Bonchev–Trinajstić information content (AvgIpc) is 3.13. The smallest absolute Gasteiger partial charge is 0.266 e. The third-order valence-electron chi connectivity index (χ3n) is 3.75. The molecule has 5 nitrogen and oxygen atoms in total. The number of rotatable bonds is 6. The lowest BCUT2D eigenvalue weighted by atomic mass is 10.2. The molecule has 0 saturated carbocycles. The second-order valence-corrected chi connectivity index (χ2v) is 6.72. The van der Waals surface area contributed by atoms with Crippen LogP contribution in [0.4, 0.5) is 5.69 Å². The van der Waals surface area contributed by atoms with Gasteiger partial charge < -0.3 is 5.32 Å². The molecule has 128 valence electrons. The molecule has 1 aromatic carbocycles. The van der Waals surface area contributed by atoms with Gasteiger partial charge in [-0.05, 0) is 43.0 Å². The minimum atomic E-state index is -0.153. The maximum absolute atomic E-state index is 12.0. The van der Waals surface area contributed by atoms with Crippen molar-refractivity contribution < 1.29 is 4.79 Å². The number of hydrogen-bond donors (Lipinski definition) is 1. The molecule has 0 fully saturated rings. The van der Waals surface area contributed by atoms with E-state index in [2.05, 4.69) is 10.4 Å². The number of aromatic nitrogens is 2. The third kappa shape index (κ3) is 4.64. The Kier molecular flexibility index (Phi) is 5.40. The summed E-state index contributed by atoms with van der Waals surface area (Å²) in [6.45, 7) is 2.42. The van der Waals surface area contributed by atoms with Gasteiger partial charge in [-0.2, -0.15) is 5.10 Å². The van der Waals surface area contributed by atoms with E-state index < -0.39 is 0 Å². The fourth-order valence-electron chi connectivity index (χ4n) is 2.41. The quantitative estimate of drug-likeness (QED) is 0.735. The first kappa shape index (κ1) is 17.1. The largest absolute Gasteiger partial charge is 0.326 e. The van der Waals surface area contributed by atoms with Crippen LogP contribution in [0.5, 0.6) is 0 Å². The summed E-state index contributed by atoms with van der Waals surface area (Å²) >= 11 is 1.58. The van der Waals surface area contributed by atoms with Crippen LogP contribution in [-0.4, -0.2) is 15.7 Å². The van der Waals surface area contributed by atoms with Crippen molar-refractivity contribution in [1.82, 2.24) is 9.78 Å². The van der Waals surface area contributed by atoms with Crippen LogP contribution >= 0.6 is 11.3 Å². The molecule has 1 N–H and O–H groups in total. The zero-order chi connectivity index (χ0) is 17.6. The van der Waals surface area contributed by atoms with E-state index in [1.165, 1.54) is 10.7 Å². The Morgan fingerprint density at radius 3 is 2.68 bits per heavy atom. The number of nitrogens with zero attached hydrogens (tertiary/aromatic N) is 2. The third-order valence-corrected chi connectivity index (χ3v) is 4.64. The van der Waals surface area contributed by atoms with Gasteiger partial charge in [0.25, 0.3) is 5.56 Å². The van der Waals surface area contributed by atoms with Gasteiger partial charge in [0, 0.05) is 24.7 Å². The molecule has 0 saturated heterocycles. The number of anilines is 1. The Morgan fingerprint density at radius 1 is 1.16 bits per heavy atom. The minimum absolute atomic E-state index is 0.0636. The van der Waals surface area contributed by atoms with Crippen LogP contribution < -0.4 is 10.9 Å². The summed E-state index contributed by atoms with van der Waals surface area (Å²) in [4.78, 5) is 25.0. The highest BCUT2D eigenvalue weighted by molar-refractivity contribution is 7.13. The van der Waals surface area contributed by atoms with Gasteiger partial charge in [0.05, 0.1) is 4.88 Å². The summed E-state index contributed by atoms with van der Waals surface area (Å²) in [5.74, 6) is -0.0636. The predicted octanol–water partition coefficient (Wildman–Crippen LogP) is 3.70. The maximum Gasteiger partial charge on any atom is 0.266 e. The van der Waals surface area contributed by atoms with Gasteiger partial charge in [-0.25, -0.2) is 4.68 Å². The molecule has 0 spiro atoms. The standard InChI is InChI=1S/C19H19N3O2S/c1-14-6-8-15(9-7-14)20-18(23)5-2-12-22-19(24)11-10-16(21-22)17-4-3-13-25-17/h3-4,6-11,13H,2,5,12H2,1H3,(H,20,23). The summed E-state index contributed by atoms with van der Waals surface area (Å²) in [6.07, 6.45) is 0.893. The van der Waals surface area contributed by atoms with Gasteiger partial charge in [-0.1, -0.05) is 23.8 Å². The number of nitrogens with one attached hydrogen (secondary N) is 1. The molecule has 0 atom stereocenters. The Morgan fingerprint density at radius 2 is 1.96 bits per heavy atom. The first-order valence-corrected chi connectivity index (χ1v) is 8.98. The zero-order valence-electron chi connectivity index (χ0n) is 13.9. The molecule has 0 radical (unpaired) electrons. The molecule has 0 unspecified atom stereocenters. The monoisotopic (exact) mass is 353 g/mol. The summed E-state index contributed by atoms with van der Waals surface area (Å²) in [5, 5.41) is 9.22. The fraction of sp³-hybridized carbons (Fsp3) is 0.211. The molecule has 6 heteroatoms. The van der Waals surface area contributed by atoms with Crippen LogP contribution in [0.2, 0.25) is 0 Å². The van der Waals surface area contributed by atoms with E-state index in [4.69, 9.17) is 0 Å². The van der Waals surface area contributed by atoms with Crippen molar-refractivity contribution in [1.29, 1.82) is 0 Å². The zero-order valence-corrected chi connectivity index (χ0v) is 14.8. The van der Waals surface area contributed by atoms with Crippen molar-refractivity contribution in [2.24, 2.45) is 0 Å². The molecule has 0 aliphatic rings. The van der Waals surface area contributed by atoms with E-state index in [0.29, 0.717) is 19.4 Å². The van der Waals surface area contributed by atoms with Gasteiger partial charge in [0.2, 0.25) is 5.91 Å². The van der Waals surface area contributed by atoms with E-state index >= 15 is 0 Å². The van der Waals surface area contributed by atoms with Crippen LogP contribution in [0.3, 0.4) is 0 Å². The topological polar surface area (TPSA) is 64.0 Å². The maximum atomic E-state index is 12.0. The van der Waals surface area contributed by atoms with Gasteiger partial charge >= 0.3 is 0 Å². The first-order chi connectivity index (χ1) is 12.1. The summed E-state index contributed by atoms with van der Waals surface area (Å²) in [6, 6.07) is 14.8. The first-order valence-electron chi connectivity index (χ1n) is 8.10. The van der Waals surface area contributed by atoms with E-state index in [9.17, 15) is 9.59 Å². The predicted molar refractivity (Wildman–Crippen MR) is 101 cm³/mol. The number of benzene rings is 1. The Hall–Kier alpha value is -2.73. The van der Waals surface area contributed by atoms with E-state index in [1.54, 1.807) is 17.4 Å². The SMILES string of the molecule is Cc1ccc(NC(=O)CCCn2nc(-c3cccs3)ccc2=O)cc1. The van der Waals surface area contributed by atoms with Crippen molar-refractivity contribution in [3.63, 3.8) is 0 Å². The lowest BCUT2D eigenvalue weighted by Gasteiger charge is -2.07. The fourth-order valence-corrected chi connectivity index (χ4v) is 3.11. The summed E-state index contributed by atoms with van der Waals surface area (Å²) in [5.41, 5.74) is 2.55. The Bertz CT molecular complexity index is 899. The van der Waals surface area contributed by atoms with Gasteiger partial charge in [-0.3, -0.25) is 9.59 Å². The van der Waals surface area contributed by atoms with Crippen LogP contribution in [0, 0.1) is 6.92 Å². The average molecular weight is 353 g/mol. The minimum Gasteiger partial charge on any atom is -0.326 e. The second-order valence-electron chi connectivity index (χ2n) is 5.78. The van der Waals surface area contributed by atoms with Crippen molar-refractivity contribution >= 4 is 22.9 Å². The summed E-state index contributed by atoms with van der Waals surface area (Å²) in [7, 11) is 0. The van der Waals surface area contributed by atoms with E-state index in [1.807, 2.05) is 48.7 Å². The lowest BCUT2D eigenvalue weighted by molar-refractivity contribution is -0.116. The number of hydrogen-bond acceptors (Lipinski definition) is 4. The number of carbonyl (C=O) groups excluding carboxylic acids is 1. The molecule has 0 aliphatic heterocycles. The molecular formula is C19H19N3O2S. The van der Waals surface area contributed by atoms with Crippen molar-refractivity contribution in [3.8, 4) is 10.6 Å². The van der Waals surface area contributed by atoms with E-state index in [-0.39, 0.29) is 11.5 Å². The summed E-state index contributed by atoms with van der Waals surface area (Å²) < 4.78 is 1.42. The molecule has 2 aromatic heterocycles. The van der Waals surface area contributed by atoms with Gasteiger partial charge in [-0.15, -0.1) is 11.3 Å². The normalized spacial score (nSPS) is 10.6. The van der Waals surface area contributed by atoms with Crippen molar-refractivity contribution in [2.75, 3.05) is 5.32 Å². The highest BCUT2D eigenvalue weighted by Gasteiger charge is 2.06. The number of aryl methyl sites for hydroxylation is 2. The molecule has 2 heterocycles. The number of thiophene rings is 1. The van der Waals surface area contributed by atoms with Crippen LogP contribution in [-0.2, 0) is 11.3 Å². The van der Waals surface area contributed by atoms with Crippen LogP contribution in [0.1, 0.15) is 18.4 Å². The Labute approximate surface area is 150 Å². The van der Waals surface area contributed by atoms with Gasteiger partial charge in [0.1, 0.15) is 5.69 Å². The molecular weight excluding hydrogens is 334 g/mol. The number of amides is 1. The highest BCUT2D eigenvalue weighted by atomic mass is 32.1. The molecule has 25 heavy (non-hydrogen) atoms. The van der Waals surface area contributed by atoms with Crippen LogP contribution in [0.15, 0.2) is 58.7 Å². The van der Waals surface area contributed by atoms with Crippen LogP contribution in [0.25, 0.3) is 10.6 Å². The van der Waals surface area contributed by atoms with Crippen molar-refractivity contribution in [2.45, 2.75) is 26.3 Å². The van der Waals surface area contributed by atoms with E-state index in [0.717, 1.165) is 21.8 Å². The molecule has 0 aliphatic carbocycles. The molecule has 0 bridgehead atoms. The Balaban J connectivity index is 1.56. The lowest BCUT2D eigenvalue weighted by Crippen LogP contribution is -2.23. The van der Waals surface area contributed by atoms with Crippen molar-refractivity contribution in [3.05, 3.63) is 69.8 Å². The highest BCUT2D eigenvalue weighted by Crippen LogP contribution is 2.21. The molecule has 3 aromatic rings. The molecule has 3 rings (SSSR count). The van der Waals surface area contributed by atoms with Gasteiger partial charge in [0.15, 0.2) is 0 Å².